The number of halogens is 1. The van der Waals surface area contributed by atoms with Crippen LogP contribution < -0.4 is 15.4 Å². The highest BCUT2D eigenvalue weighted by molar-refractivity contribution is 5.63. The third-order valence-electron chi connectivity index (χ3n) is 10.4. The Bertz CT molecular complexity index is 1470. The summed E-state index contributed by atoms with van der Waals surface area (Å²) < 4.78 is 27.6. The molecule has 2 N–H and O–H groups in total. The van der Waals surface area contributed by atoms with E-state index in [1.165, 1.54) is 0 Å². The fraction of sp³-hybridized carbons (Fsp3) is 0.625. The molecule has 0 amide bonds. The van der Waals surface area contributed by atoms with Gasteiger partial charge in [0, 0.05) is 55.2 Å². The van der Waals surface area contributed by atoms with Crippen LogP contribution in [0.4, 0.5) is 15.9 Å². The Hall–Kier alpha value is -3.47. The lowest BCUT2D eigenvalue weighted by Gasteiger charge is -2.43. The van der Waals surface area contributed by atoms with Gasteiger partial charge in [-0.25, -0.2) is 4.39 Å². The number of aryl methyl sites for hydroxylation is 1. The quantitative estimate of drug-likeness (QED) is 0.534. The number of alkyl halides is 1. The Kier molecular flexibility index (Phi) is 6.95. The van der Waals surface area contributed by atoms with Gasteiger partial charge in [-0.15, -0.1) is 0 Å². The summed E-state index contributed by atoms with van der Waals surface area (Å²) in [6.07, 6.45) is 7.29. The summed E-state index contributed by atoms with van der Waals surface area (Å²) >= 11 is 0. The zero-order chi connectivity index (χ0) is 28.9. The number of benzene rings is 1. The highest BCUT2D eigenvalue weighted by atomic mass is 19.1. The third-order valence-corrected chi connectivity index (χ3v) is 10.4. The maximum Gasteiger partial charge on any atom is 0.318 e. The molecule has 42 heavy (non-hydrogen) atoms. The van der Waals surface area contributed by atoms with Crippen molar-refractivity contribution in [3.63, 3.8) is 0 Å². The van der Waals surface area contributed by atoms with Crippen molar-refractivity contribution in [3.05, 3.63) is 40.1 Å². The lowest BCUT2D eigenvalue weighted by atomic mass is 9.72. The molecule has 5 heterocycles. The van der Waals surface area contributed by atoms with E-state index in [-0.39, 0.29) is 11.5 Å². The topological polar surface area (TPSA) is 124 Å². The molecular weight excluding hydrogens is 533 g/mol. The number of nitrogens with zero attached hydrogens (tertiary/aromatic N) is 6. The van der Waals surface area contributed by atoms with E-state index in [4.69, 9.17) is 25.2 Å². The smallest absolute Gasteiger partial charge is 0.318 e. The summed E-state index contributed by atoms with van der Waals surface area (Å²) in [6, 6.07) is 8.97. The minimum absolute atomic E-state index is 0.0416. The van der Waals surface area contributed by atoms with E-state index < -0.39 is 11.8 Å². The van der Waals surface area contributed by atoms with Crippen molar-refractivity contribution < 1.29 is 13.9 Å². The standard InChI is InChI=1S/C32H38FN7O2/c33-23-14-31(9-3-12-40(31)18-23)20-41-30-37-27-15-32(10-1-5-22-6-7-26(36)24(17-35)28(22)32)42-19-25(27)29(38-30)39-11-2-4-21(16-34)8-13-39/h6-7,21,23H,1-5,8-15,18-20,36H2/t21-,23-,31+,32+/m1/s1. The van der Waals surface area contributed by atoms with Gasteiger partial charge in [0.15, 0.2) is 0 Å². The molecule has 1 aromatic carbocycles. The fourth-order valence-corrected chi connectivity index (χ4v) is 8.25. The van der Waals surface area contributed by atoms with Crippen LogP contribution in [0.2, 0.25) is 0 Å². The molecule has 10 heteroatoms. The van der Waals surface area contributed by atoms with Crippen molar-refractivity contribution in [3.8, 4) is 18.1 Å². The van der Waals surface area contributed by atoms with Crippen LogP contribution in [0.3, 0.4) is 0 Å². The first-order valence-corrected chi connectivity index (χ1v) is 15.5. The molecule has 3 fully saturated rings. The first kappa shape index (κ1) is 27.4. The highest BCUT2D eigenvalue weighted by Gasteiger charge is 2.50. The Morgan fingerprint density at radius 3 is 2.88 bits per heavy atom. The predicted molar refractivity (Wildman–Crippen MR) is 154 cm³/mol. The molecule has 1 aromatic heterocycles. The summed E-state index contributed by atoms with van der Waals surface area (Å²) in [6.45, 7) is 3.58. The van der Waals surface area contributed by atoms with Gasteiger partial charge in [0.2, 0.25) is 0 Å². The second-order valence-electron chi connectivity index (χ2n) is 12.9. The number of hydrogen-bond donors (Lipinski definition) is 1. The van der Waals surface area contributed by atoms with E-state index in [2.05, 4.69) is 21.9 Å². The SMILES string of the molecule is N#Cc1c(N)ccc2c1[C@]1(CCC2)Cc2nc(OC[C@@]34CCCN3C[C@H](F)C4)nc(N3CCC[C@@H](C#N)CC3)c2CO1. The van der Waals surface area contributed by atoms with Gasteiger partial charge in [-0.05, 0) is 69.5 Å². The van der Waals surface area contributed by atoms with Crippen molar-refractivity contribution >= 4 is 11.5 Å². The van der Waals surface area contributed by atoms with E-state index in [9.17, 15) is 14.9 Å². The number of nitrogen functional groups attached to an aromatic ring is 1. The summed E-state index contributed by atoms with van der Waals surface area (Å²) in [5.41, 5.74) is 10.1. The van der Waals surface area contributed by atoms with Crippen molar-refractivity contribution in [2.75, 3.05) is 43.4 Å². The van der Waals surface area contributed by atoms with Gasteiger partial charge in [0.25, 0.3) is 0 Å². The molecular formula is C32H38FN7O2. The fourth-order valence-electron chi connectivity index (χ4n) is 8.25. The van der Waals surface area contributed by atoms with Crippen LogP contribution in [-0.2, 0) is 29.8 Å². The first-order chi connectivity index (χ1) is 20.4. The zero-order valence-corrected chi connectivity index (χ0v) is 24.1. The Balaban J connectivity index is 1.26. The van der Waals surface area contributed by atoms with Crippen LogP contribution in [0.5, 0.6) is 6.01 Å². The highest BCUT2D eigenvalue weighted by Crippen LogP contribution is 2.48. The molecule has 1 aliphatic carbocycles. The van der Waals surface area contributed by atoms with Crippen molar-refractivity contribution in [2.45, 2.75) is 88.1 Å². The van der Waals surface area contributed by atoms with Crippen molar-refractivity contribution in [1.82, 2.24) is 14.9 Å². The maximum absolute atomic E-state index is 14.5. The first-order valence-electron chi connectivity index (χ1n) is 15.5. The van der Waals surface area contributed by atoms with Gasteiger partial charge in [0.05, 0.1) is 29.5 Å². The molecule has 3 saturated heterocycles. The Morgan fingerprint density at radius 2 is 2.02 bits per heavy atom. The molecule has 220 valence electrons. The van der Waals surface area contributed by atoms with Crippen LogP contribution in [0.15, 0.2) is 12.1 Å². The van der Waals surface area contributed by atoms with Crippen LogP contribution in [0, 0.1) is 28.6 Å². The lowest BCUT2D eigenvalue weighted by molar-refractivity contribution is -0.0857. The number of hydrogen-bond acceptors (Lipinski definition) is 9. The minimum Gasteiger partial charge on any atom is -0.461 e. The molecule has 7 rings (SSSR count). The molecule has 0 unspecified atom stereocenters. The van der Waals surface area contributed by atoms with Gasteiger partial charge in [-0.3, -0.25) is 4.90 Å². The second-order valence-corrected chi connectivity index (χ2v) is 12.9. The molecule has 9 nitrogen and oxygen atoms in total. The molecule has 1 spiro atoms. The average molecular weight is 572 g/mol. The van der Waals surface area contributed by atoms with Gasteiger partial charge < -0.3 is 20.1 Å². The summed E-state index contributed by atoms with van der Waals surface area (Å²) in [7, 11) is 0. The number of fused-ring (bicyclic) bond motifs is 4. The zero-order valence-electron chi connectivity index (χ0n) is 24.1. The van der Waals surface area contributed by atoms with E-state index in [0.29, 0.717) is 49.9 Å². The predicted octanol–water partition coefficient (Wildman–Crippen LogP) is 4.32. The average Bonchev–Trinajstić information content (AvgIpc) is 3.40. The maximum atomic E-state index is 14.5. The molecule has 0 radical (unpaired) electrons. The Labute approximate surface area is 246 Å². The monoisotopic (exact) mass is 571 g/mol. The van der Waals surface area contributed by atoms with Crippen LogP contribution in [-0.4, -0.2) is 59.4 Å². The van der Waals surface area contributed by atoms with Gasteiger partial charge in [-0.1, -0.05) is 6.07 Å². The van der Waals surface area contributed by atoms with Crippen LogP contribution in [0.1, 0.15) is 79.3 Å². The second kappa shape index (κ2) is 10.7. The van der Waals surface area contributed by atoms with E-state index in [0.717, 1.165) is 99.2 Å². The molecule has 4 aliphatic heterocycles. The van der Waals surface area contributed by atoms with Crippen LogP contribution in [0.25, 0.3) is 0 Å². The number of ether oxygens (including phenoxy) is 2. The van der Waals surface area contributed by atoms with Crippen molar-refractivity contribution in [2.24, 2.45) is 5.92 Å². The molecule has 5 aliphatic rings. The summed E-state index contributed by atoms with van der Waals surface area (Å²) in [4.78, 5) is 14.5. The number of rotatable bonds is 4. The molecule has 2 aromatic rings. The van der Waals surface area contributed by atoms with E-state index in [1.54, 1.807) is 0 Å². The number of anilines is 2. The van der Waals surface area contributed by atoms with E-state index in [1.807, 2.05) is 12.1 Å². The molecule has 4 atom stereocenters. The third kappa shape index (κ3) is 4.56. The number of nitrogens with two attached hydrogens (primary N) is 1. The molecule has 0 saturated carbocycles. The normalized spacial score (nSPS) is 30.6. The van der Waals surface area contributed by atoms with Gasteiger partial charge in [0.1, 0.15) is 30.3 Å². The largest absolute Gasteiger partial charge is 0.461 e. The number of nitriles is 2. The lowest BCUT2D eigenvalue weighted by Crippen LogP contribution is -2.44. The van der Waals surface area contributed by atoms with Crippen LogP contribution >= 0.6 is 0 Å². The molecule has 0 bridgehead atoms. The Morgan fingerprint density at radius 1 is 1.12 bits per heavy atom. The van der Waals surface area contributed by atoms with Gasteiger partial charge in [-0.2, -0.15) is 20.5 Å². The summed E-state index contributed by atoms with van der Waals surface area (Å²) in [5.74, 6) is 0.850. The van der Waals surface area contributed by atoms with Gasteiger partial charge >= 0.3 is 6.01 Å². The summed E-state index contributed by atoms with van der Waals surface area (Å²) in [5, 5.41) is 19.6. The number of aromatic nitrogens is 2. The van der Waals surface area contributed by atoms with Crippen molar-refractivity contribution in [1.29, 1.82) is 10.5 Å². The van der Waals surface area contributed by atoms with E-state index >= 15 is 0 Å². The minimum atomic E-state index is -0.829.